The molecular weight excluding hydrogens is 212 g/mol. The van der Waals surface area contributed by atoms with Gasteiger partial charge in [0.25, 0.3) is 0 Å². The van der Waals surface area contributed by atoms with Crippen LogP contribution in [0.2, 0.25) is 0 Å². The lowest BCUT2D eigenvalue weighted by molar-refractivity contribution is -0.145. The van der Waals surface area contributed by atoms with E-state index in [1.807, 2.05) is 6.92 Å². The molecule has 2 rings (SSSR count). The van der Waals surface area contributed by atoms with Crippen LogP contribution in [0.1, 0.15) is 58.8 Å². The summed E-state index contributed by atoms with van der Waals surface area (Å²) in [6, 6.07) is 0. The Morgan fingerprint density at radius 3 is 2.71 bits per heavy atom. The van der Waals surface area contributed by atoms with E-state index < -0.39 is 0 Å². The van der Waals surface area contributed by atoms with Gasteiger partial charge in [-0.1, -0.05) is 30.9 Å². The third kappa shape index (κ3) is 3.11. The van der Waals surface area contributed by atoms with Crippen LogP contribution in [0, 0.1) is 11.3 Å². The van der Waals surface area contributed by atoms with Gasteiger partial charge in [-0.3, -0.25) is 4.79 Å². The van der Waals surface area contributed by atoms with Gasteiger partial charge in [-0.25, -0.2) is 0 Å². The Morgan fingerprint density at radius 1 is 1.41 bits per heavy atom. The first-order chi connectivity index (χ1) is 8.10. The molecule has 1 saturated carbocycles. The average molecular weight is 236 g/mol. The zero-order chi connectivity index (χ0) is 12.3. The Labute approximate surface area is 104 Å². The van der Waals surface area contributed by atoms with E-state index >= 15 is 0 Å². The molecule has 0 amide bonds. The molecule has 1 saturated heterocycles. The smallest absolute Gasteiger partial charge is 0.312 e. The van der Waals surface area contributed by atoms with Crippen molar-refractivity contribution in [3.63, 3.8) is 0 Å². The molecule has 0 unspecified atom stereocenters. The minimum atomic E-state index is -0.255. The molecule has 2 aliphatic rings. The van der Waals surface area contributed by atoms with Crippen LogP contribution in [0.25, 0.3) is 0 Å². The van der Waals surface area contributed by atoms with Crippen LogP contribution < -0.4 is 0 Å². The van der Waals surface area contributed by atoms with Crippen LogP contribution in [-0.4, -0.2) is 12.6 Å². The highest BCUT2D eigenvalue weighted by molar-refractivity contribution is 5.78. The van der Waals surface area contributed by atoms with Gasteiger partial charge in [-0.05, 0) is 45.4 Å². The Morgan fingerprint density at radius 2 is 2.12 bits per heavy atom. The standard InChI is InChI=1S/C15H24O2/c1-12(10-13-6-4-3-5-7-13)11-15(2)8-9-17-14(15)16/h10,13H,3-9,11H2,1-2H3/b12-10+/t15-/m1/s1. The first kappa shape index (κ1) is 12.7. The van der Waals surface area contributed by atoms with E-state index in [0.29, 0.717) is 6.61 Å². The molecule has 0 aromatic carbocycles. The van der Waals surface area contributed by atoms with Gasteiger partial charge in [-0.2, -0.15) is 0 Å². The fraction of sp³-hybridized carbons (Fsp3) is 0.800. The number of carbonyl (C=O) groups excluding carboxylic acids is 1. The third-order valence-electron chi connectivity index (χ3n) is 4.22. The number of cyclic esters (lactones) is 1. The lowest BCUT2D eigenvalue weighted by atomic mass is 9.80. The predicted molar refractivity (Wildman–Crippen MR) is 68.6 cm³/mol. The Balaban J connectivity index is 1.93. The lowest BCUT2D eigenvalue weighted by Crippen LogP contribution is -2.22. The molecule has 2 nitrogen and oxygen atoms in total. The summed E-state index contributed by atoms with van der Waals surface area (Å²) in [6.07, 6.45) is 11.0. The number of carbonyl (C=O) groups is 1. The van der Waals surface area contributed by atoms with Crippen molar-refractivity contribution in [1.29, 1.82) is 0 Å². The highest BCUT2D eigenvalue weighted by Crippen LogP contribution is 2.36. The molecule has 0 N–H and O–H groups in total. The number of esters is 1. The van der Waals surface area contributed by atoms with E-state index in [9.17, 15) is 4.79 Å². The Bertz CT molecular complexity index is 313. The quantitative estimate of drug-likeness (QED) is 0.549. The maximum Gasteiger partial charge on any atom is 0.312 e. The minimum absolute atomic E-state index is 0.00565. The summed E-state index contributed by atoms with van der Waals surface area (Å²) in [4.78, 5) is 11.7. The van der Waals surface area contributed by atoms with E-state index in [1.54, 1.807) is 0 Å². The summed E-state index contributed by atoms with van der Waals surface area (Å²) in [5.74, 6) is 0.749. The van der Waals surface area contributed by atoms with Crippen molar-refractivity contribution in [2.24, 2.45) is 11.3 Å². The molecule has 2 fully saturated rings. The molecule has 0 bridgehead atoms. The molecule has 0 spiro atoms. The lowest BCUT2D eigenvalue weighted by Gasteiger charge is -2.22. The minimum Gasteiger partial charge on any atom is -0.465 e. The van der Waals surface area contributed by atoms with Gasteiger partial charge in [-0.15, -0.1) is 0 Å². The summed E-state index contributed by atoms with van der Waals surface area (Å²) in [5.41, 5.74) is 1.12. The number of allylic oxidation sites excluding steroid dienone is 2. The van der Waals surface area contributed by atoms with Crippen molar-refractivity contribution in [2.45, 2.75) is 58.8 Å². The Kier molecular flexibility index (Phi) is 3.90. The molecule has 0 aromatic rings. The monoisotopic (exact) mass is 236 g/mol. The molecule has 2 heteroatoms. The zero-order valence-electron chi connectivity index (χ0n) is 11.1. The zero-order valence-corrected chi connectivity index (χ0v) is 11.1. The molecule has 17 heavy (non-hydrogen) atoms. The number of ether oxygens (including phenoxy) is 1. The van der Waals surface area contributed by atoms with Gasteiger partial charge < -0.3 is 4.74 Å². The van der Waals surface area contributed by atoms with Gasteiger partial charge in [0.1, 0.15) is 0 Å². The van der Waals surface area contributed by atoms with Crippen LogP contribution in [0.3, 0.4) is 0 Å². The van der Waals surface area contributed by atoms with E-state index in [2.05, 4.69) is 13.0 Å². The number of hydrogen-bond donors (Lipinski definition) is 0. The van der Waals surface area contributed by atoms with E-state index in [4.69, 9.17) is 4.74 Å². The molecule has 1 aliphatic carbocycles. The van der Waals surface area contributed by atoms with Gasteiger partial charge in [0, 0.05) is 0 Å². The van der Waals surface area contributed by atoms with E-state index in [1.165, 1.54) is 37.7 Å². The molecule has 1 aliphatic heterocycles. The van der Waals surface area contributed by atoms with Gasteiger partial charge in [0.15, 0.2) is 0 Å². The number of hydrogen-bond acceptors (Lipinski definition) is 2. The predicted octanol–water partition coefficient (Wildman–Crippen LogP) is 3.86. The van der Waals surface area contributed by atoms with Crippen molar-refractivity contribution in [2.75, 3.05) is 6.61 Å². The summed E-state index contributed by atoms with van der Waals surface area (Å²) in [6.45, 7) is 4.82. The second kappa shape index (κ2) is 5.24. The van der Waals surface area contributed by atoms with Gasteiger partial charge in [0.2, 0.25) is 0 Å². The van der Waals surface area contributed by atoms with Crippen LogP contribution in [0.5, 0.6) is 0 Å². The third-order valence-corrected chi connectivity index (χ3v) is 4.22. The molecule has 0 aromatic heterocycles. The largest absolute Gasteiger partial charge is 0.465 e. The second-order valence-electron chi connectivity index (χ2n) is 6.03. The van der Waals surface area contributed by atoms with Crippen molar-refractivity contribution in [3.8, 4) is 0 Å². The van der Waals surface area contributed by atoms with Crippen molar-refractivity contribution >= 4 is 5.97 Å². The van der Waals surface area contributed by atoms with Crippen LogP contribution in [-0.2, 0) is 9.53 Å². The van der Waals surface area contributed by atoms with E-state index in [-0.39, 0.29) is 11.4 Å². The van der Waals surface area contributed by atoms with Crippen LogP contribution >= 0.6 is 0 Å². The second-order valence-corrected chi connectivity index (χ2v) is 6.03. The number of rotatable bonds is 3. The van der Waals surface area contributed by atoms with Gasteiger partial charge in [0.05, 0.1) is 12.0 Å². The van der Waals surface area contributed by atoms with Crippen molar-refractivity contribution in [3.05, 3.63) is 11.6 Å². The molecule has 1 heterocycles. The first-order valence-corrected chi connectivity index (χ1v) is 6.95. The fourth-order valence-electron chi connectivity index (χ4n) is 3.18. The maximum absolute atomic E-state index is 11.7. The highest BCUT2D eigenvalue weighted by Gasteiger charge is 2.39. The highest BCUT2D eigenvalue weighted by atomic mass is 16.5. The van der Waals surface area contributed by atoms with Crippen LogP contribution in [0.4, 0.5) is 0 Å². The normalized spacial score (nSPS) is 31.6. The average Bonchev–Trinajstić information content (AvgIpc) is 2.60. The molecule has 96 valence electrons. The first-order valence-electron chi connectivity index (χ1n) is 6.95. The summed E-state index contributed by atoms with van der Waals surface area (Å²) in [5, 5.41) is 0. The summed E-state index contributed by atoms with van der Waals surface area (Å²) >= 11 is 0. The molecule has 1 atom stereocenters. The Hall–Kier alpha value is -0.790. The molecular formula is C15H24O2. The SMILES string of the molecule is C/C(=C\C1CCCCC1)C[C@@]1(C)CCOC1=O. The maximum atomic E-state index is 11.7. The van der Waals surface area contributed by atoms with E-state index in [0.717, 1.165) is 18.8 Å². The van der Waals surface area contributed by atoms with Gasteiger partial charge >= 0.3 is 5.97 Å². The summed E-state index contributed by atoms with van der Waals surface area (Å²) < 4.78 is 5.09. The molecule has 0 radical (unpaired) electrons. The fourth-order valence-corrected chi connectivity index (χ4v) is 3.18. The summed E-state index contributed by atoms with van der Waals surface area (Å²) in [7, 11) is 0. The van der Waals surface area contributed by atoms with Crippen molar-refractivity contribution in [1.82, 2.24) is 0 Å². The van der Waals surface area contributed by atoms with Crippen LogP contribution in [0.15, 0.2) is 11.6 Å². The van der Waals surface area contributed by atoms with Crippen molar-refractivity contribution < 1.29 is 9.53 Å². The topological polar surface area (TPSA) is 26.3 Å².